The molecule has 142 valence electrons. The van der Waals surface area contributed by atoms with Crippen LogP contribution in [-0.4, -0.2) is 11.9 Å². The number of hydrogen-bond donors (Lipinski definition) is 1. The third-order valence-corrected chi connectivity index (χ3v) is 7.00. The summed E-state index contributed by atoms with van der Waals surface area (Å²) in [6.45, 7) is 2.09. The highest BCUT2D eigenvalue weighted by molar-refractivity contribution is 5.79. The first-order valence-electron chi connectivity index (χ1n) is 9.69. The third-order valence-electron chi connectivity index (χ3n) is 7.00. The van der Waals surface area contributed by atoms with E-state index >= 15 is 0 Å². The number of rotatable bonds is 4. The Morgan fingerprint density at radius 1 is 1.15 bits per heavy atom. The van der Waals surface area contributed by atoms with Crippen molar-refractivity contribution in [2.75, 3.05) is 0 Å². The van der Waals surface area contributed by atoms with Crippen LogP contribution in [-0.2, 0) is 17.4 Å². The van der Waals surface area contributed by atoms with Crippen molar-refractivity contribution in [1.29, 1.82) is 0 Å². The molecule has 1 aromatic rings. The second kappa shape index (κ2) is 6.28. The molecule has 0 radical (unpaired) electrons. The minimum absolute atomic E-state index is 0.000621. The lowest BCUT2D eigenvalue weighted by Crippen LogP contribution is -2.56. The Balaban J connectivity index is 1.41. The molecule has 1 amide bonds. The van der Waals surface area contributed by atoms with Crippen LogP contribution in [0.4, 0.5) is 13.2 Å². The Bertz CT molecular complexity index is 661. The number of halogens is 3. The molecule has 0 aliphatic heterocycles. The molecule has 0 unspecified atom stereocenters. The summed E-state index contributed by atoms with van der Waals surface area (Å²) in [5, 5.41) is 3.12. The Hall–Kier alpha value is -1.52. The van der Waals surface area contributed by atoms with E-state index in [1.165, 1.54) is 44.6 Å². The van der Waals surface area contributed by atoms with Gasteiger partial charge in [0.1, 0.15) is 0 Å². The van der Waals surface area contributed by atoms with Gasteiger partial charge in [-0.3, -0.25) is 4.79 Å². The van der Waals surface area contributed by atoms with Crippen molar-refractivity contribution in [3.63, 3.8) is 0 Å². The number of alkyl halides is 3. The quantitative estimate of drug-likeness (QED) is 0.802. The van der Waals surface area contributed by atoms with Gasteiger partial charge < -0.3 is 5.32 Å². The molecule has 4 aliphatic carbocycles. The maximum atomic E-state index is 12.8. The summed E-state index contributed by atoms with van der Waals surface area (Å²) in [5.74, 6) is 2.25. The predicted molar refractivity (Wildman–Crippen MR) is 93.4 cm³/mol. The Morgan fingerprint density at radius 3 is 2.27 bits per heavy atom. The van der Waals surface area contributed by atoms with Gasteiger partial charge in [0.15, 0.2) is 0 Å². The van der Waals surface area contributed by atoms with Crippen molar-refractivity contribution < 1.29 is 18.0 Å². The van der Waals surface area contributed by atoms with Gasteiger partial charge in [0.05, 0.1) is 12.0 Å². The maximum absolute atomic E-state index is 12.8. The fourth-order valence-electron chi connectivity index (χ4n) is 6.20. The zero-order chi connectivity index (χ0) is 18.5. The SMILES string of the molecule is C[C@@H](NC(=O)Cc1cccc(C(F)(F)F)c1)C12CC3CC(CC(C3)C1)C2. The van der Waals surface area contributed by atoms with Crippen LogP contribution in [0.3, 0.4) is 0 Å². The first kappa shape index (κ1) is 17.9. The third kappa shape index (κ3) is 3.37. The van der Waals surface area contributed by atoms with E-state index in [2.05, 4.69) is 12.2 Å². The van der Waals surface area contributed by atoms with E-state index in [9.17, 15) is 18.0 Å². The summed E-state index contributed by atoms with van der Waals surface area (Å²) < 4.78 is 38.5. The Labute approximate surface area is 152 Å². The van der Waals surface area contributed by atoms with Crippen LogP contribution in [0.1, 0.15) is 56.6 Å². The fourth-order valence-corrected chi connectivity index (χ4v) is 6.20. The van der Waals surface area contributed by atoms with E-state index in [4.69, 9.17) is 0 Å². The molecule has 0 heterocycles. The van der Waals surface area contributed by atoms with Crippen molar-refractivity contribution in [3.05, 3.63) is 35.4 Å². The number of amides is 1. The highest BCUT2D eigenvalue weighted by Gasteiger charge is 2.53. The minimum atomic E-state index is -4.38. The van der Waals surface area contributed by atoms with Crippen LogP contribution in [0.5, 0.6) is 0 Å². The average Bonchev–Trinajstić information content (AvgIpc) is 2.52. The lowest BCUT2D eigenvalue weighted by Gasteiger charge is -2.59. The molecule has 4 bridgehead atoms. The summed E-state index contributed by atoms with van der Waals surface area (Å²) >= 11 is 0. The summed E-state index contributed by atoms with van der Waals surface area (Å²) in [4.78, 5) is 12.5. The molecule has 0 spiro atoms. The van der Waals surface area contributed by atoms with E-state index in [1.807, 2.05) is 0 Å². The van der Waals surface area contributed by atoms with Crippen LogP contribution in [0.25, 0.3) is 0 Å². The average molecular weight is 365 g/mol. The van der Waals surface area contributed by atoms with E-state index in [1.54, 1.807) is 6.07 Å². The highest BCUT2D eigenvalue weighted by Crippen LogP contribution is 2.61. The van der Waals surface area contributed by atoms with Gasteiger partial charge in [-0.15, -0.1) is 0 Å². The first-order chi connectivity index (χ1) is 12.2. The highest BCUT2D eigenvalue weighted by atomic mass is 19.4. The summed E-state index contributed by atoms with van der Waals surface area (Å²) in [6.07, 6.45) is 3.27. The molecule has 1 atom stereocenters. The van der Waals surface area contributed by atoms with E-state index in [0.29, 0.717) is 5.56 Å². The van der Waals surface area contributed by atoms with Crippen molar-refractivity contribution in [2.45, 2.75) is 64.1 Å². The molecule has 1 N–H and O–H groups in total. The molecule has 0 aromatic heterocycles. The van der Waals surface area contributed by atoms with Crippen molar-refractivity contribution in [1.82, 2.24) is 5.32 Å². The molecule has 5 heteroatoms. The summed E-state index contributed by atoms with van der Waals surface area (Å²) in [7, 11) is 0. The number of hydrogen-bond acceptors (Lipinski definition) is 1. The second-order valence-electron chi connectivity index (χ2n) is 8.94. The van der Waals surface area contributed by atoms with Gasteiger partial charge in [-0.25, -0.2) is 0 Å². The normalized spacial score (nSPS) is 33.9. The predicted octanol–water partition coefficient (Wildman–Crippen LogP) is 4.97. The Morgan fingerprint density at radius 2 is 1.73 bits per heavy atom. The van der Waals surface area contributed by atoms with Crippen LogP contribution < -0.4 is 5.32 Å². The van der Waals surface area contributed by atoms with E-state index < -0.39 is 11.7 Å². The van der Waals surface area contributed by atoms with Gasteiger partial charge in [-0.2, -0.15) is 13.2 Å². The number of benzene rings is 1. The lowest BCUT2D eigenvalue weighted by atomic mass is 9.48. The summed E-state index contributed by atoms with van der Waals surface area (Å²) in [5.41, 5.74) is -0.0786. The van der Waals surface area contributed by atoms with Crippen molar-refractivity contribution in [3.8, 4) is 0 Å². The number of carbonyl (C=O) groups excluding carboxylic acids is 1. The second-order valence-corrected chi connectivity index (χ2v) is 8.94. The molecule has 1 aromatic carbocycles. The van der Waals surface area contributed by atoms with E-state index in [0.717, 1.165) is 29.9 Å². The molecule has 4 saturated carbocycles. The van der Waals surface area contributed by atoms with Crippen LogP contribution >= 0.6 is 0 Å². The topological polar surface area (TPSA) is 29.1 Å². The molecule has 4 fully saturated rings. The van der Waals surface area contributed by atoms with Gasteiger partial charge in [0.2, 0.25) is 5.91 Å². The molecular weight excluding hydrogens is 339 g/mol. The van der Waals surface area contributed by atoms with Gasteiger partial charge >= 0.3 is 6.18 Å². The van der Waals surface area contributed by atoms with Crippen LogP contribution in [0.15, 0.2) is 24.3 Å². The molecule has 26 heavy (non-hydrogen) atoms. The summed E-state index contributed by atoms with van der Waals surface area (Å²) in [6, 6.07) is 5.17. The maximum Gasteiger partial charge on any atom is 0.416 e. The first-order valence-corrected chi connectivity index (χ1v) is 9.69. The Kier molecular flexibility index (Phi) is 4.31. The minimum Gasteiger partial charge on any atom is -0.353 e. The fraction of sp³-hybridized carbons (Fsp3) is 0.667. The number of carbonyl (C=O) groups is 1. The zero-order valence-corrected chi connectivity index (χ0v) is 15.1. The van der Waals surface area contributed by atoms with Gasteiger partial charge in [-0.1, -0.05) is 18.2 Å². The lowest BCUT2D eigenvalue weighted by molar-refractivity contribution is -0.137. The molecule has 5 rings (SSSR count). The van der Waals surface area contributed by atoms with Gasteiger partial charge in [-0.05, 0) is 80.2 Å². The smallest absolute Gasteiger partial charge is 0.353 e. The molecule has 4 aliphatic rings. The standard InChI is InChI=1S/C21H26F3NO/c1-13(20-10-15-5-16(11-20)7-17(6-15)12-20)25-19(26)9-14-3-2-4-18(8-14)21(22,23)24/h2-4,8,13,15-17H,5-7,9-12H2,1H3,(H,25,26)/t13-,15?,16?,17?,20?/m1/s1. The number of nitrogens with one attached hydrogen (secondary N) is 1. The van der Waals surface area contributed by atoms with E-state index in [-0.39, 0.29) is 23.8 Å². The molecule has 0 saturated heterocycles. The van der Waals surface area contributed by atoms with Crippen LogP contribution in [0.2, 0.25) is 0 Å². The molecule has 2 nitrogen and oxygen atoms in total. The van der Waals surface area contributed by atoms with Crippen LogP contribution in [0, 0.1) is 23.2 Å². The van der Waals surface area contributed by atoms with Gasteiger partial charge in [0.25, 0.3) is 0 Å². The van der Waals surface area contributed by atoms with Crippen molar-refractivity contribution >= 4 is 5.91 Å². The molecular formula is C21H26F3NO. The van der Waals surface area contributed by atoms with Crippen molar-refractivity contribution in [2.24, 2.45) is 23.2 Å². The zero-order valence-electron chi connectivity index (χ0n) is 15.1. The van der Waals surface area contributed by atoms with Gasteiger partial charge in [0, 0.05) is 6.04 Å². The monoisotopic (exact) mass is 365 g/mol. The largest absolute Gasteiger partial charge is 0.416 e.